The minimum atomic E-state index is 0.658. The maximum atomic E-state index is 5.99. The van der Waals surface area contributed by atoms with Crippen molar-refractivity contribution in [1.82, 2.24) is 4.98 Å². The van der Waals surface area contributed by atoms with Crippen LogP contribution in [0, 0.1) is 0 Å². The minimum Gasteiger partial charge on any atom is -0.496 e. The van der Waals surface area contributed by atoms with E-state index in [9.17, 15) is 0 Å². The molecule has 4 heteroatoms. The van der Waals surface area contributed by atoms with E-state index >= 15 is 0 Å². The molecule has 20 heavy (non-hydrogen) atoms. The van der Waals surface area contributed by atoms with Gasteiger partial charge in [0.25, 0.3) is 0 Å². The van der Waals surface area contributed by atoms with Crippen molar-refractivity contribution in [3.05, 3.63) is 58.9 Å². The van der Waals surface area contributed by atoms with E-state index in [2.05, 4.69) is 22.5 Å². The Morgan fingerprint density at radius 2 is 1.90 bits per heavy atom. The van der Waals surface area contributed by atoms with Crippen molar-refractivity contribution >= 4 is 22.9 Å². The summed E-state index contributed by atoms with van der Waals surface area (Å²) in [6.45, 7) is 0. The van der Waals surface area contributed by atoms with Gasteiger partial charge < -0.3 is 4.74 Å². The summed E-state index contributed by atoms with van der Waals surface area (Å²) in [7, 11) is 1.64. The van der Waals surface area contributed by atoms with Crippen LogP contribution in [0.4, 0.5) is 0 Å². The molecule has 0 aliphatic rings. The highest BCUT2D eigenvalue weighted by Gasteiger charge is 2.11. The fourth-order valence-corrected chi connectivity index (χ4v) is 3.00. The summed E-state index contributed by atoms with van der Waals surface area (Å²) < 4.78 is 5.38. The maximum Gasteiger partial charge on any atom is 0.130 e. The summed E-state index contributed by atoms with van der Waals surface area (Å²) in [4.78, 5) is 4.68. The highest BCUT2D eigenvalue weighted by Crippen LogP contribution is 2.35. The Morgan fingerprint density at radius 3 is 2.65 bits per heavy atom. The first-order chi connectivity index (χ1) is 9.78. The second-order valence-corrected chi connectivity index (χ2v) is 5.54. The van der Waals surface area contributed by atoms with Gasteiger partial charge in [0, 0.05) is 16.0 Å². The third-order valence-corrected chi connectivity index (χ3v) is 4.08. The molecule has 0 fully saturated rings. The van der Waals surface area contributed by atoms with Crippen LogP contribution in [0.15, 0.2) is 53.9 Å². The number of ether oxygens (including phenoxy) is 1. The van der Waals surface area contributed by atoms with Gasteiger partial charge in [-0.15, -0.1) is 11.3 Å². The molecule has 100 valence electrons. The number of hydrogen-bond donors (Lipinski definition) is 0. The van der Waals surface area contributed by atoms with Gasteiger partial charge >= 0.3 is 0 Å². The van der Waals surface area contributed by atoms with Crippen molar-refractivity contribution in [1.29, 1.82) is 0 Å². The van der Waals surface area contributed by atoms with Crippen molar-refractivity contribution in [3.63, 3.8) is 0 Å². The van der Waals surface area contributed by atoms with E-state index < -0.39 is 0 Å². The van der Waals surface area contributed by atoms with Gasteiger partial charge in [-0.25, -0.2) is 4.98 Å². The van der Waals surface area contributed by atoms with Gasteiger partial charge in [-0.3, -0.25) is 0 Å². The van der Waals surface area contributed by atoms with Gasteiger partial charge in [0.1, 0.15) is 10.8 Å². The first-order valence-corrected chi connectivity index (χ1v) is 7.38. The Kier molecular flexibility index (Phi) is 3.72. The Morgan fingerprint density at radius 1 is 1.10 bits per heavy atom. The Labute approximate surface area is 126 Å². The van der Waals surface area contributed by atoms with Crippen LogP contribution < -0.4 is 4.74 Å². The molecular formula is C16H12ClNOS. The third kappa shape index (κ3) is 2.55. The van der Waals surface area contributed by atoms with Crippen LogP contribution >= 0.6 is 22.9 Å². The Balaban J connectivity index is 2.02. The van der Waals surface area contributed by atoms with E-state index in [4.69, 9.17) is 16.3 Å². The summed E-state index contributed by atoms with van der Waals surface area (Å²) in [6, 6.07) is 15.7. The van der Waals surface area contributed by atoms with Crippen LogP contribution in [0.3, 0.4) is 0 Å². The lowest BCUT2D eigenvalue weighted by atomic mass is 10.2. The molecule has 1 heterocycles. The molecule has 0 spiro atoms. The standard InChI is InChI=1S/C16H12ClNOS/c1-19-15-9-12(17)7-8-13(15)16-18-14(10-20-16)11-5-3-2-4-6-11/h2-10H,1H3. The average molecular weight is 302 g/mol. The average Bonchev–Trinajstić information content (AvgIpc) is 2.97. The lowest BCUT2D eigenvalue weighted by Gasteiger charge is -2.06. The second kappa shape index (κ2) is 5.65. The van der Waals surface area contributed by atoms with E-state index in [-0.39, 0.29) is 0 Å². The molecule has 2 nitrogen and oxygen atoms in total. The zero-order chi connectivity index (χ0) is 13.9. The van der Waals surface area contributed by atoms with Gasteiger partial charge in [0.05, 0.1) is 18.4 Å². The number of nitrogens with zero attached hydrogens (tertiary/aromatic N) is 1. The molecule has 3 aromatic rings. The zero-order valence-electron chi connectivity index (χ0n) is 10.8. The quantitative estimate of drug-likeness (QED) is 0.668. The highest BCUT2D eigenvalue weighted by atomic mass is 35.5. The molecule has 0 aliphatic heterocycles. The van der Waals surface area contributed by atoms with E-state index in [0.717, 1.165) is 27.6 Å². The SMILES string of the molecule is COc1cc(Cl)ccc1-c1nc(-c2ccccc2)cs1. The van der Waals surface area contributed by atoms with Gasteiger partial charge in [0.2, 0.25) is 0 Å². The lowest BCUT2D eigenvalue weighted by molar-refractivity contribution is 0.416. The molecule has 1 aromatic heterocycles. The van der Waals surface area contributed by atoms with E-state index in [1.807, 2.05) is 30.3 Å². The molecular weight excluding hydrogens is 290 g/mol. The molecule has 0 amide bonds. The van der Waals surface area contributed by atoms with Crippen molar-refractivity contribution in [2.45, 2.75) is 0 Å². The lowest BCUT2D eigenvalue weighted by Crippen LogP contribution is -1.87. The summed E-state index contributed by atoms with van der Waals surface area (Å²) in [5, 5.41) is 3.64. The number of thiazole rings is 1. The first kappa shape index (κ1) is 13.2. The third-order valence-electron chi connectivity index (χ3n) is 2.97. The van der Waals surface area contributed by atoms with Crippen LogP contribution in [0.1, 0.15) is 0 Å². The smallest absolute Gasteiger partial charge is 0.130 e. The number of aromatic nitrogens is 1. The molecule has 3 rings (SSSR count). The molecule has 0 unspecified atom stereocenters. The predicted octanol–water partition coefficient (Wildman–Crippen LogP) is 5.14. The fraction of sp³-hybridized carbons (Fsp3) is 0.0625. The normalized spacial score (nSPS) is 10.5. The monoisotopic (exact) mass is 301 g/mol. The second-order valence-electron chi connectivity index (χ2n) is 4.25. The fourth-order valence-electron chi connectivity index (χ4n) is 1.98. The number of methoxy groups -OCH3 is 1. The van der Waals surface area contributed by atoms with Gasteiger partial charge in [-0.05, 0) is 18.2 Å². The zero-order valence-corrected chi connectivity index (χ0v) is 12.4. The molecule has 0 saturated carbocycles. The molecule has 0 radical (unpaired) electrons. The van der Waals surface area contributed by atoms with E-state index in [1.54, 1.807) is 24.5 Å². The van der Waals surface area contributed by atoms with Gasteiger partial charge in [-0.1, -0.05) is 41.9 Å². The Hall–Kier alpha value is -1.84. The summed E-state index contributed by atoms with van der Waals surface area (Å²) in [5.41, 5.74) is 3.05. The number of rotatable bonds is 3. The van der Waals surface area contributed by atoms with E-state index in [1.165, 1.54) is 0 Å². The summed E-state index contributed by atoms with van der Waals surface area (Å²) >= 11 is 7.59. The first-order valence-electron chi connectivity index (χ1n) is 6.13. The summed E-state index contributed by atoms with van der Waals surface area (Å²) in [6.07, 6.45) is 0. The van der Waals surface area contributed by atoms with Crippen molar-refractivity contribution < 1.29 is 4.74 Å². The number of halogens is 1. The van der Waals surface area contributed by atoms with E-state index in [0.29, 0.717) is 5.02 Å². The summed E-state index contributed by atoms with van der Waals surface area (Å²) in [5.74, 6) is 0.742. The van der Waals surface area contributed by atoms with Gasteiger partial charge in [0.15, 0.2) is 0 Å². The van der Waals surface area contributed by atoms with Crippen molar-refractivity contribution in [2.24, 2.45) is 0 Å². The van der Waals surface area contributed by atoms with Crippen molar-refractivity contribution in [2.75, 3.05) is 7.11 Å². The van der Waals surface area contributed by atoms with Crippen LogP contribution in [0.5, 0.6) is 5.75 Å². The van der Waals surface area contributed by atoms with Gasteiger partial charge in [-0.2, -0.15) is 0 Å². The molecule has 2 aromatic carbocycles. The Bertz CT molecular complexity index is 724. The number of hydrogen-bond acceptors (Lipinski definition) is 3. The molecule has 0 bridgehead atoms. The van der Waals surface area contributed by atoms with Crippen LogP contribution in [0.2, 0.25) is 5.02 Å². The topological polar surface area (TPSA) is 22.1 Å². The maximum absolute atomic E-state index is 5.99. The highest BCUT2D eigenvalue weighted by molar-refractivity contribution is 7.13. The molecule has 0 N–H and O–H groups in total. The predicted molar refractivity (Wildman–Crippen MR) is 84.5 cm³/mol. The molecule has 0 saturated heterocycles. The minimum absolute atomic E-state index is 0.658. The number of benzene rings is 2. The molecule has 0 aliphatic carbocycles. The van der Waals surface area contributed by atoms with Crippen LogP contribution in [0.25, 0.3) is 21.8 Å². The van der Waals surface area contributed by atoms with Crippen LogP contribution in [-0.2, 0) is 0 Å². The largest absolute Gasteiger partial charge is 0.496 e. The molecule has 0 atom stereocenters. The van der Waals surface area contributed by atoms with Crippen molar-refractivity contribution in [3.8, 4) is 27.6 Å². The van der Waals surface area contributed by atoms with Crippen LogP contribution in [-0.4, -0.2) is 12.1 Å².